The van der Waals surface area contributed by atoms with Crippen molar-refractivity contribution in [1.29, 1.82) is 0 Å². The topological polar surface area (TPSA) is 43.4 Å². The highest BCUT2D eigenvalue weighted by molar-refractivity contribution is 5.91. The van der Waals surface area contributed by atoms with Crippen LogP contribution >= 0.6 is 0 Å². The minimum atomic E-state index is -0.562. The summed E-state index contributed by atoms with van der Waals surface area (Å²) in [6.07, 6.45) is 22.7. The second-order valence-corrected chi connectivity index (χ2v) is 6.99. The van der Waals surface area contributed by atoms with E-state index in [-0.39, 0.29) is 0 Å². The van der Waals surface area contributed by atoms with Crippen molar-refractivity contribution >= 4 is 11.9 Å². The summed E-state index contributed by atoms with van der Waals surface area (Å²) in [6.45, 7) is 3.99. The Bertz CT molecular complexity index is 347. The molecule has 0 spiro atoms. The maximum absolute atomic E-state index is 11.4. The minimum Gasteiger partial charge on any atom is -0.390 e. The molecule has 0 saturated heterocycles. The summed E-state index contributed by atoms with van der Waals surface area (Å²) in [5, 5.41) is 0. The van der Waals surface area contributed by atoms with Crippen molar-refractivity contribution in [2.75, 3.05) is 0 Å². The van der Waals surface area contributed by atoms with Crippen LogP contribution in [0.25, 0.3) is 0 Å². The Morgan fingerprint density at radius 3 is 1.48 bits per heavy atom. The van der Waals surface area contributed by atoms with E-state index in [2.05, 4.69) is 11.7 Å². The third-order valence-corrected chi connectivity index (χ3v) is 4.50. The lowest BCUT2D eigenvalue weighted by molar-refractivity contribution is -0.156. The largest absolute Gasteiger partial charge is 0.390 e. The first kappa shape index (κ1) is 23.9. The van der Waals surface area contributed by atoms with E-state index < -0.39 is 11.9 Å². The fourth-order valence-corrected chi connectivity index (χ4v) is 2.97. The predicted octanol–water partition coefficient (Wildman–Crippen LogP) is 6.89. The Kier molecular flexibility index (Phi) is 18.3. The smallest absolute Gasteiger partial charge is 0.338 e. The fraction of sp³-hybridized carbons (Fsp3) is 0.818. The van der Waals surface area contributed by atoms with Gasteiger partial charge in [0.2, 0.25) is 0 Å². The number of rotatable bonds is 17. The van der Waals surface area contributed by atoms with Crippen LogP contribution in [-0.2, 0) is 14.3 Å². The molecular weight excluding hydrogens is 312 g/mol. The lowest BCUT2D eigenvalue weighted by atomic mass is 10.0. The molecule has 0 unspecified atom stereocenters. The molecule has 0 aromatic rings. The molecule has 0 aliphatic heterocycles. The first-order chi connectivity index (χ1) is 12.2. The summed E-state index contributed by atoms with van der Waals surface area (Å²) in [7, 11) is 0. The Morgan fingerprint density at radius 1 is 0.680 bits per heavy atom. The molecule has 0 N–H and O–H groups in total. The molecule has 3 heteroatoms. The normalized spacial score (nSPS) is 11.1. The Labute approximate surface area is 155 Å². The Hall–Kier alpha value is -1.12. The first-order valence-corrected chi connectivity index (χ1v) is 10.6. The fourth-order valence-electron chi connectivity index (χ4n) is 2.97. The van der Waals surface area contributed by atoms with Crippen LogP contribution in [0, 0.1) is 0 Å². The van der Waals surface area contributed by atoms with Crippen molar-refractivity contribution in [2.24, 2.45) is 0 Å². The van der Waals surface area contributed by atoms with E-state index in [4.69, 9.17) is 0 Å². The second kappa shape index (κ2) is 19.2. The minimum absolute atomic E-state index is 0.349. The maximum Gasteiger partial charge on any atom is 0.338 e. The van der Waals surface area contributed by atoms with Gasteiger partial charge in [-0.1, -0.05) is 103 Å². The Morgan fingerprint density at radius 2 is 1.08 bits per heavy atom. The highest BCUT2D eigenvalue weighted by atomic mass is 16.6. The van der Waals surface area contributed by atoms with Gasteiger partial charge in [0.1, 0.15) is 0 Å². The van der Waals surface area contributed by atoms with Crippen molar-refractivity contribution in [3.05, 3.63) is 12.2 Å². The van der Waals surface area contributed by atoms with Crippen molar-refractivity contribution in [3.8, 4) is 0 Å². The van der Waals surface area contributed by atoms with Crippen molar-refractivity contribution in [2.45, 2.75) is 117 Å². The summed E-state index contributed by atoms with van der Waals surface area (Å²) >= 11 is 0. The van der Waals surface area contributed by atoms with Crippen LogP contribution in [0.4, 0.5) is 0 Å². The molecule has 0 aromatic heterocycles. The van der Waals surface area contributed by atoms with Gasteiger partial charge in [0, 0.05) is 12.5 Å². The maximum atomic E-state index is 11.4. The zero-order chi connectivity index (χ0) is 18.6. The molecule has 0 bridgehead atoms. The van der Waals surface area contributed by atoms with Crippen LogP contribution in [0.3, 0.4) is 0 Å². The number of carbonyl (C=O) groups is 2. The third kappa shape index (κ3) is 19.1. The van der Waals surface area contributed by atoms with Gasteiger partial charge in [0.15, 0.2) is 0 Å². The monoisotopic (exact) mass is 352 g/mol. The summed E-state index contributed by atoms with van der Waals surface area (Å²) in [6, 6.07) is 0. The summed E-state index contributed by atoms with van der Waals surface area (Å²) in [5.74, 6) is -0.966. The SMILES string of the molecule is CC=CC(=O)OC(=O)CCCCCCCCCCCCCCCCC. The number of allylic oxidation sites excluding steroid dienone is 1. The molecular formula is C22H40O3. The van der Waals surface area contributed by atoms with E-state index in [1.165, 1.54) is 89.5 Å². The average molecular weight is 353 g/mol. The molecule has 0 aliphatic rings. The lowest BCUT2D eigenvalue weighted by Crippen LogP contribution is -2.09. The molecule has 25 heavy (non-hydrogen) atoms. The van der Waals surface area contributed by atoms with E-state index in [0.29, 0.717) is 6.42 Å². The molecule has 0 atom stereocenters. The van der Waals surface area contributed by atoms with Gasteiger partial charge in [-0.2, -0.15) is 0 Å². The number of hydrogen-bond acceptors (Lipinski definition) is 3. The molecule has 0 fully saturated rings. The predicted molar refractivity (Wildman–Crippen MR) is 105 cm³/mol. The van der Waals surface area contributed by atoms with Gasteiger partial charge in [-0.15, -0.1) is 0 Å². The zero-order valence-corrected chi connectivity index (χ0v) is 16.7. The molecule has 0 radical (unpaired) electrons. The first-order valence-electron chi connectivity index (χ1n) is 10.6. The molecule has 146 valence electrons. The lowest BCUT2D eigenvalue weighted by Gasteiger charge is -2.03. The van der Waals surface area contributed by atoms with Crippen LogP contribution in [0.1, 0.15) is 117 Å². The van der Waals surface area contributed by atoms with Crippen molar-refractivity contribution in [3.63, 3.8) is 0 Å². The molecule has 0 rings (SSSR count). The van der Waals surface area contributed by atoms with Gasteiger partial charge in [-0.3, -0.25) is 4.79 Å². The van der Waals surface area contributed by atoms with Crippen LogP contribution in [0.15, 0.2) is 12.2 Å². The van der Waals surface area contributed by atoms with Crippen LogP contribution < -0.4 is 0 Å². The number of unbranched alkanes of at least 4 members (excludes halogenated alkanes) is 14. The third-order valence-electron chi connectivity index (χ3n) is 4.50. The van der Waals surface area contributed by atoms with Gasteiger partial charge in [-0.05, 0) is 13.3 Å². The van der Waals surface area contributed by atoms with E-state index in [1.54, 1.807) is 13.0 Å². The highest BCUT2D eigenvalue weighted by Crippen LogP contribution is 2.13. The molecule has 3 nitrogen and oxygen atoms in total. The number of carbonyl (C=O) groups excluding carboxylic acids is 2. The number of ether oxygens (including phenoxy) is 1. The highest BCUT2D eigenvalue weighted by Gasteiger charge is 2.06. The molecule has 0 heterocycles. The van der Waals surface area contributed by atoms with E-state index >= 15 is 0 Å². The van der Waals surface area contributed by atoms with Crippen LogP contribution in [-0.4, -0.2) is 11.9 Å². The quantitative estimate of drug-likeness (QED) is 0.124. The van der Waals surface area contributed by atoms with Gasteiger partial charge in [0.25, 0.3) is 0 Å². The molecule has 0 saturated carbocycles. The van der Waals surface area contributed by atoms with E-state index in [9.17, 15) is 9.59 Å². The van der Waals surface area contributed by atoms with Gasteiger partial charge >= 0.3 is 11.9 Å². The zero-order valence-electron chi connectivity index (χ0n) is 16.7. The van der Waals surface area contributed by atoms with Crippen LogP contribution in [0.5, 0.6) is 0 Å². The van der Waals surface area contributed by atoms with Gasteiger partial charge in [0.05, 0.1) is 0 Å². The second-order valence-electron chi connectivity index (χ2n) is 6.99. The van der Waals surface area contributed by atoms with Crippen LogP contribution in [0.2, 0.25) is 0 Å². The molecule has 0 amide bonds. The van der Waals surface area contributed by atoms with Crippen molar-refractivity contribution < 1.29 is 14.3 Å². The summed E-state index contributed by atoms with van der Waals surface area (Å²) in [5.41, 5.74) is 0. The number of esters is 2. The van der Waals surface area contributed by atoms with Gasteiger partial charge in [-0.25, -0.2) is 4.79 Å². The summed E-state index contributed by atoms with van der Waals surface area (Å²) < 4.78 is 4.65. The Balaban J connectivity index is 3.19. The van der Waals surface area contributed by atoms with Crippen molar-refractivity contribution in [1.82, 2.24) is 0 Å². The molecule has 0 aliphatic carbocycles. The standard InChI is InChI=1S/C22H40O3/c1-3-5-6-7-8-9-10-11-12-13-14-15-16-17-18-20-22(24)25-21(23)19-4-2/h4,19H,3,5-18,20H2,1-2H3. The van der Waals surface area contributed by atoms with E-state index in [1.807, 2.05) is 0 Å². The molecule has 0 aromatic carbocycles. The average Bonchev–Trinajstić information content (AvgIpc) is 2.58. The van der Waals surface area contributed by atoms with E-state index in [0.717, 1.165) is 12.8 Å². The summed E-state index contributed by atoms with van der Waals surface area (Å²) in [4.78, 5) is 22.5. The number of hydrogen-bond donors (Lipinski definition) is 0. The van der Waals surface area contributed by atoms with Gasteiger partial charge < -0.3 is 4.74 Å².